The third-order valence-electron chi connectivity index (χ3n) is 1.90. The summed E-state index contributed by atoms with van der Waals surface area (Å²) in [6, 6.07) is 6.21. The first-order chi connectivity index (χ1) is 5.41. The van der Waals surface area contributed by atoms with E-state index < -0.39 is 0 Å². The molecule has 66 valence electrons. The lowest BCUT2D eigenvalue weighted by atomic mass is 9.94. The van der Waals surface area contributed by atoms with Gasteiger partial charge in [0.1, 0.15) is 0 Å². The second kappa shape index (κ2) is 3.19. The summed E-state index contributed by atoms with van der Waals surface area (Å²) in [4.78, 5) is 0. The summed E-state index contributed by atoms with van der Waals surface area (Å²) in [5, 5.41) is 0. The summed E-state index contributed by atoms with van der Waals surface area (Å²) in [7, 11) is 0. The minimum absolute atomic E-state index is 0.245. The Kier molecular flexibility index (Phi) is 2.59. The number of halogens is 1. The van der Waals surface area contributed by atoms with Crippen molar-refractivity contribution in [1.29, 1.82) is 0 Å². The first kappa shape index (κ1) is 9.75. The Bertz CT molecular complexity index is 286. The Morgan fingerprint density at radius 2 is 1.92 bits per heavy atom. The second-order valence-electron chi connectivity index (χ2n) is 3.69. The highest BCUT2D eigenvalue weighted by atomic mass is 79.9. The van der Waals surface area contributed by atoms with E-state index in [9.17, 15) is 0 Å². The van der Waals surface area contributed by atoms with Crippen molar-refractivity contribution in [1.82, 2.24) is 0 Å². The molecule has 1 nitrogen and oxygen atoms in total. The van der Waals surface area contributed by atoms with Crippen molar-refractivity contribution in [3.63, 3.8) is 0 Å². The zero-order valence-corrected chi connectivity index (χ0v) is 9.27. The van der Waals surface area contributed by atoms with Gasteiger partial charge in [-0.3, -0.25) is 0 Å². The molecule has 0 radical (unpaired) electrons. The highest BCUT2D eigenvalue weighted by Crippen LogP contribution is 2.22. The standard InChI is InChI=1S/C10H14BrN/c1-7-6-8(10(2,3)12)4-5-9(7)11/h4-6H,12H2,1-3H3. The quantitative estimate of drug-likeness (QED) is 0.785. The van der Waals surface area contributed by atoms with Gasteiger partial charge in [0, 0.05) is 10.0 Å². The fourth-order valence-corrected chi connectivity index (χ4v) is 1.29. The van der Waals surface area contributed by atoms with Crippen molar-refractivity contribution in [2.45, 2.75) is 26.3 Å². The van der Waals surface area contributed by atoms with Gasteiger partial charge in [0.05, 0.1) is 0 Å². The summed E-state index contributed by atoms with van der Waals surface area (Å²) < 4.78 is 1.13. The van der Waals surface area contributed by atoms with Crippen LogP contribution in [-0.4, -0.2) is 0 Å². The normalized spacial score (nSPS) is 11.8. The number of benzene rings is 1. The Hall–Kier alpha value is -0.340. The number of hydrogen-bond acceptors (Lipinski definition) is 1. The molecule has 0 aliphatic heterocycles. The molecule has 1 rings (SSSR count). The van der Waals surface area contributed by atoms with Gasteiger partial charge in [-0.25, -0.2) is 0 Å². The smallest absolute Gasteiger partial charge is 0.0352 e. The van der Waals surface area contributed by atoms with Gasteiger partial charge in [-0.05, 0) is 38.0 Å². The van der Waals surface area contributed by atoms with E-state index in [1.54, 1.807) is 0 Å². The lowest BCUT2D eigenvalue weighted by Gasteiger charge is -2.19. The van der Waals surface area contributed by atoms with Crippen molar-refractivity contribution in [2.75, 3.05) is 0 Å². The Labute approximate surface area is 82.1 Å². The molecular formula is C10H14BrN. The molecule has 0 saturated heterocycles. The molecule has 2 heteroatoms. The lowest BCUT2D eigenvalue weighted by Crippen LogP contribution is -2.28. The molecule has 1 aromatic carbocycles. The van der Waals surface area contributed by atoms with E-state index in [0.29, 0.717) is 0 Å². The van der Waals surface area contributed by atoms with E-state index in [4.69, 9.17) is 5.73 Å². The third-order valence-corrected chi connectivity index (χ3v) is 2.79. The monoisotopic (exact) mass is 227 g/mol. The van der Waals surface area contributed by atoms with Crippen molar-refractivity contribution in [3.05, 3.63) is 33.8 Å². The van der Waals surface area contributed by atoms with Crippen molar-refractivity contribution in [2.24, 2.45) is 5.73 Å². The minimum Gasteiger partial charge on any atom is -0.322 e. The molecule has 0 fully saturated rings. The van der Waals surface area contributed by atoms with Crippen LogP contribution in [0.1, 0.15) is 25.0 Å². The van der Waals surface area contributed by atoms with Crippen LogP contribution in [0, 0.1) is 6.92 Å². The first-order valence-electron chi connectivity index (χ1n) is 3.97. The molecule has 0 aromatic heterocycles. The van der Waals surface area contributed by atoms with Gasteiger partial charge in [0.15, 0.2) is 0 Å². The molecule has 0 amide bonds. The Balaban J connectivity index is 3.14. The first-order valence-corrected chi connectivity index (χ1v) is 4.76. The summed E-state index contributed by atoms with van der Waals surface area (Å²) >= 11 is 3.46. The highest BCUT2D eigenvalue weighted by Gasteiger charge is 2.13. The average Bonchev–Trinajstić information content (AvgIpc) is 1.92. The minimum atomic E-state index is -0.245. The molecule has 0 heterocycles. The van der Waals surface area contributed by atoms with Gasteiger partial charge in [-0.1, -0.05) is 28.1 Å². The molecule has 2 N–H and O–H groups in total. The van der Waals surface area contributed by atoms with Gasteiger partial charge in [-0.2, -0.15) is 0 Å². The molecule has 0 atom stereocenters. The lowest BCUT2D eigenvalue weighted by molar-refractivity contribution is 0.554. The van der Waals surface area contributed by atoms with Gasteiger partial charge < -0.3 is 5.73 Å². The van der Waals surface area contributed by atoms with Crippen LogP contribution in [-0.2, 0) is 5.54 Å². The van der Waals surface area contributed by atoms with Gasteiger partial charge in [0.25, 0.3) is 0 Å². The molecule has 0 aliphatic carbocycles. The molecule has 0 unspecified atom stereocenters. The van der Waals surface area contributed by atoms with E-state index >= 15 is 0 Å². The van der Waals surface area contributed by atoms with Crippen LogP contribution in [0.4, 0.5) is 0 Å². The van der Waals surface area contributed by atoms with Gasteiger partial charge >= 0.3 is 0 Å². The van der Waals surface area contributed by atoms with Crippen LogP contribution < -0.4 is 5.73 Å². The largest absolute Gasteiger partial charge is 0.322 e. The summed E-state index contributed by atoms with van der Waals surface area (Å²) in [6.07, 6.45) is 0. The number of nitrogens with two attached hydrogens (primary N) is 1. The zero-order chi connectivity index (χ0) is 9.35. The SMILES string of the molecule is Cc1cc(C(C)(C)N)ccc1Br. The maximum Gasteiger partial charge on any atom is 0.0352 e. The van der Waals surface area contributed by atoms with E-state index in [2.05, 4.69) is 35.0 Å². The number of aryl methyl sites for hydroxylation is 1. The van der Waals surface area contributed by atoms with E-state index in [0.717, 1.165) is 4.47 Å². The number of rotatable bonds is 1. The van der Waals surface area contributed by atoms with Crippen LogP contribution in [0.3, 0.4) is 0 Å². The van der Waals surface area contributed by atoms with E-state index in [1.807, 2.05) is 19.9 Å². The maximum absolute atomic E-state index is 5.96. The molecule has 0 spiro atoms. The molecule has 0 aliphatic rings. The number of hydrogen-bond donors (Lipinski definition) is 1. The molecule has 0 saturated carbocycles. The summed E-state index contributed by atoms with van der Waals surface area (Å²) in [6.45, 7) is 6.09. The van der Waals surface area contributed by atoms with Crippen LogP contribution in [0.15, 0.2) is 22.7 Å². The zero-order valence-electron chi connectivity index (χ0n) is 7.69. The Morgan fingerprint density at radius 3 is 2.33 bits per heavy atom. The van der Waals surface area contributed by atoms with Crippen LogP contribution in [0.2, 0.25) is 0 Å². The molecule has 1 aromatic rings. The molecule has 12 heavy (non-hydrogen) atoms. The van der Waals surface area contributed by atoms with Crippen LogP contribution >= 0.6 is 15.9 Å². The topological polar surface area (TPSA) is 26.0 Å². The van der Waals surface area contributed by atoms with E-state index in [-0.39, 0.29) is 5.54 Å². The second-order valence-corrected chi connectivity index (χ2v) is 4.54. The summed E-state index contributed by atoms with van der Waals surface area (Å²) in [5.41, 5.74) is 8.11. The summed E-state index contributed by atoms with van der Waals surface area (Å²) in [5.74, 6) is 0. The predicted molar refractivity (Wildman–Crippen MR) is 56.1 cm³/mol. The molecule has 0 bridgehead atoms. The fourth-order valence-electron chi connectivity index (χ4n) is 1.05. The van der Waals surface area contributed by atoms with E-state index in [1.165, 1.54) is 11.1 Å². The highest BCUT2D eigenvalue weighted by molar-refractivity contribution is 9.10. The van der Waals surface area contributed by atoms with Crippen molar-refractivity contribution in [3.8, 4) is 0 Å². The van der Waals surface area contributed by atoms with Crippen LogP contribution in [0.25, 0.3) is 0 Å². The fraction of sp³-hybridized carbons (Fsp3) is 0.400. The Morgan fingerprint density at radius 1 is 1.33 bits per heavy atom. The van der Waals surface area contributed by atoms with Gasteiger partial charge in [0.2, 0.25) is 0 Å². The average molecular weight is 228 g/mol. The predicted octanol–water partition coefficient (Wildman–Crippen LogP) is 2.95. The maximum atomic E-state index is 5.96. The van der Waals surface area contributed by atoms with Gasteiger partial charge in [-0.15, -0.1) is 0 Å². The van der Waals surface area contributed by atoms with Crippen molar-refractivity contribution >= 4 is 15.9 Å². The van der Waals surface area contributed by atoms with Crippen molar-refractivity contribution < 1.29 is 0 Å². The molecular weight excluding hydrogens is 214 g/mol. The van der Waals surface area contributed by atoms with Crippen LogP contribution in [0.5, 0.6) is 0 Å². The third kappa shape index (κ3) is 2.08.